The van der Waals surface area contributed by atoms with Gasteiger partial charge in [-0.25, -0.2) is 39.8 Å². The average Bonchev–Trinajstić information content (AvgIpc) is 2.02. The van der Waals surface area contributed by atoms with Crippen molar-refractivity contribution in [3.63, 3.8) is 0 Å². The zero-order chi connectivity index (χ0) is 64.3. The van der Waals surface area contributed by atoms with Crippen molar-refractivity contribution in [3.8, 4) is 23.3 Å². The molecule has 0 saturated heterocycles. The minimum absolute atomic E-state index is 0. The van der Waals surface area contributed by atoms with Crippen molar-refractivity contribution >= 4 is 126 Å². The molecule has 0 aliphatic carbocycles. The Morgan fingerprint density at radius 1 is 0.659 bits per heavy atom. The molecule has 0 saturated carbocycles. The lowest BCUT2D eigenvalue weighted by Gasteiger charge is -2.26. The predicted molar refractivity (Wildman–Crippen MR) is 317 cm³/mol. The number of ether oxygens (including phenoxy) is 4. The number of carboxylic acids is 1. The number of carboxylic acid groups (broad SMARTS) is 1. The van der Waals surface area contributed by atoms with E-state index in [0.29, 0.717) is 16.3 Å². The second-order valence-corrected chi connectivity index (χ2v) is 25.8. The highest BCUT2D eigenvalue weighted by Crippen LogP contribution is 2.40. The number of nitrogens with one attached hydrogen (secondary N) is 1. The zero-order valence-electron chi connectivity index (χ0n) is 47.9. The number of fused-ring (bicyclic) bond motifs is 2. The summed E-state index contributed by atoms with van der Waals surface area (Å²) < 4.78 is 108. The molecule has 2 aliphatic rings. The average molecular weight is 1340 g/mol. The highest BCUT2D eigenvalue weighted by atomic mass is 36.0. The number of anilines is 2. The van der Waals surface area contributed by atoms with Crippen LogP contribution in [0.15, 0.2) is 48.5 Å². The second kappa shape index (κ2) is 34.7. The summed E-state index contributed by atoms with van der Waals surface area (Å²) in [4.78, 5) is 99.6. The molecule has 0 fully saturated rings. The van der Waals surface area contributed by atoms with Gasteiger partial charge in [-0.3, -0.25) is 48.3 Å². The van der Waals surface area contributed by atoms with E-state index in [9.17, 15) is 59.2 Å². The van der Waals surface area contributed by atoms with Crippen LogP contribution in [0, 0.1) is 11.6 Å². The fourth-order valence-corrected chi connectivity index (χ4v) is 9.60. The maximum Gasteiger partial charge on any atom is 0.317 e. The molecule has 2 aromatic heterocycles. The lowest BCUT2D eigenvalue weighted by atomic mass is 10.1. The van der Waals surface area contributed by atoms with Crippen LogP contribution in [0.3, 0.4) is 0 Å². The molecule has 4 N–H and O–H groups in total. The van der Waals surface area contributed by atoms with E-state index in [1.165, 1.54) is 50.6 Å². The van der Waals surface area contributed by atoms with Gasteiger partial charge < -0.3 is 44.9 Å². The van der Waals surface area contributed by atoms with Gasteiger partial charge in [-0.1, -0.05) is 0 Å². The largest absolute Gasteiger partial charge is 0.491 e. The molecule has 2 unspecified atom stereocenters. The van der Waals surface area contributed by atoms with Crippen LogP contribution >= 0.6 is 45.4 Å². The van der Waals surface area contributed by atoms with Crippen molar-refractivity contribution in [2.75, 3.05) is 124 Å². The molecule has 26 nitrogen and oxygen atoms in total. The number of imide groups is 2. The Labute approximate surface area is 512 Å². The number of nitrogen functional groups attached to an aromatic ring is 1. The van der Waals surface area contributed by atoms with Gasteiger partial charge in [0.1, 0.15) is 31.3 Å². The number of nitrogens with two attached hydrogens (primary N) is 1. The fraction of sp³-hybridized carbons (Fsp3) is 0.420. The molecule has 0 radical (unpaired) electrons. The van der Waals surface area contributed by atoms with Crippen LogP contribution in [-0.2, 0) is 43.3 Å². The van der Waals surface area contributed by atoms with Crippen molar-refractivity contribution in [2.24, 2.45) is 0 Å². The molecule has 4 aromatic rings. The Morgan fingerprint density at radius 2 is 1.02 bits per heavy atom. The van der Waals surface area contributed by atoms with E-state index in [4.69, 9.17) is 45.6 Å². The number of hydrogen-bond donors (Lipinski definition) is 3. The minimum Gasteiger partial charge on any atom is -0.491 e. The van der Waals surface area contributed by atoms with Crippen LogP contribution in [-0.4, -0.2) is 215 Å². The number of aromatic nitrogens is 2. The summed E-state index contributed by atoms with van der Waals surface area (Å²) in [7, 11) is 13.1. The van der Waals surface area contributed by atoms with Gasteiger partial charge in [-0.2, -0.15) is 0 Å². The first-order chi connectivity index (χ1) is 38.9. The van der Waals surface area contributed by atoms with E-state index < -0.39 is 111 Å². The van der Waals surface area contributed by atoms with E-state index in [-0.39, 0.29) is 101 Å². The highest BCUT2D eigenvalue weighted by Gasteiger charge is 2.47. The van der Waals surface area contributed by atoms with Crippen molar-refractivity contribution in [1.82, 2.24) is 34.5 Å². The monoisotopic (exact) mass is 1340 g/mol. The Balaban J connectivity index is 0.000000658. The van der Waals surface area contributed by atoms with Crippen molar-refractivity contribution < 1.29 is 87.4 Å². The second-order valence-electron chi connectivity index (χ2n) is 18.5. The van der Waals surface area contributed by atoms with Gasteiger partial charge in [0.25, 0.3) is 35.4 Å². The van der Waals surface area contributed by atoms with Gasteiger partial charge in [-0.05, 0) is 116 Å². The van der Waals surface area contributed by atoms with E-state index in [2.05, 4.69) is 36.6 Å². The Bertz CT molecular complexity index is 3270. The number of carbonyl (C=O) groups excluding carboxylic acids is 6. The molecule has 0 bridgehead atoms. The van der Waals surface area contributed by atoms with Gasteiger partial charge in [0.05, 0.1) is 110 Å². The number of sulfone groups is 2. The smallest absolute Gasteiger partial charge is 0.317 e. The van der Waals surface area contributed by atoms with Gasteiger partial charge >= 0.3 is 5.97 Å². The van der Waals surface area contributed by atoms with Crippen LogP contribution in [0.25, 0.3) is 0 Å². The number of pyridine rings is 2. The minimum atomic E-state index is -3.76. The molecule has 0 spiro atoms. The Morgan fingerprint density at radius 3 is 1.33 bits per heavy atom. The van der Waals surface area contributed by atoms with Crippen LogP contribution in [0.5, 0.6) is 23.3 Å². The van der Waals surface area contributed by atoms with Crippen LogP contribution in [0.2, 0.25) is 0 Å². The van der Waals surface area contributed by atoms with Gasteiger partial charge in [0.2, 0.25) is 20.4 Å². The van der Waals surface area contributed by atoms with E-state index in [1.54, 1.807) is 70.8 Å². The maximum atomic E-state index is 14.8. The number of amides is 5. The summed E-state index contributed by atoms with van der Waals surface area (Å²) in [6.45, 7) is 4.31. The SMILES string of the molecule is CCOc1nc(C(CS(C)(=O)=O)N2C(=O)c3c(F)ccc(NC(=O)CN(C)C)c3C2=O)ccc1OC.CCOc1nc(C(CS(C)(=O)=O)N2C(=O)c3c(N)ccc(F)c3C2=O)ccc1OC.CN(C)CC(=O)Cl.CN(C)CC(=O)O.Cl.O=S(Cl)Cl. The summed E-state index contributed by atoms with van der Waals surface area (Å²) in [5.74, 6) is -7.69. The number of hydrogen-bond acceptors (Lipinski definition) is 22. The van der Waals surface area contributed by atoms with Crippen LogP contribution in [0.1, 0.15) is 78.8 Å². The molecule has 85 heavy (non-hydrogen) atoms. The predicted octanol–water partition coefficient (Wildman–Crippen LogP) is 4.51. The fourth-order valence-electron chi connectivity index (χ4n) is 7.58. The zero-order valence-corrected chi connectivity index (χ0v) is 53.5. The molecule has 4 heterocycles. The number of benzene rings is 2. The van der Waals surface area contributed by atoms with E-state index in [1.807, 2.05) is 0 Å². The first kappa shape index (κ1) is 76.6. The number of methoxy groups -OCH3 is 2. The molecule has 2 aliphatic heterocycles. The number of rotatable bonds is 21. The summed E-state index contributed by atoms with van der Waals surface area (Å²) >= 11 is 4.99. The lowest BCUT2D eigenvalue weighted by molar-refractivity contribution is -0.137. The summed E-state index contributed by atoms with van der Waals surface area (Å²) in [5, 5.41) is 10.3. The summed E-state index contributed by atoms with van der Waals surface area (Å²) in [6, 6.07) is 7.34. The molecule has 35 heteroatoms. The number of likely N-dealkylation sites (N-methyl/N-ethyl adjacent to an activating group) is 3. The first-order valence-corrected chi connectivity index (χ1v) is 31.5. The van der Waals surface area contributed by atoms with Crippen LogP contribution in [0.4, 0.5) is 20.2 Å². The molecular formula is C50H65Cl4F2N9O17S3. The van der Waals surface area contributed by atoms with Gasteiger partial charge in [-0.15, -0.1) is 12.4 Å². The first-order valence-electron chi connectivity index (χ1n) is 24.2. The standard InChI is InChI=1S/C23H27FN4O7S.C19H20FN3O6S.C4H8ClNO.C4H9NO2.Cl2OS.ClH/c1-6-35-21-17(34-4)10-9-14(26-21)16(12-36(5,32)33)28-22(30)19-13(24)7-8-15(20(19)23(28)31)25-18(29)11-27(2)3;1-4-29-17-14(28-2)8-7-12(22-17)13(9-30(3,26)27)23-18(24)15-10(20)5-6-11(21)16(15)19(23)25;1-6(2)3-4(5)7;1-5(2)3-4(6)7;1-4(2)3;/h7-10,16H,6,11-12H2,1-5H3,(H,25,29);5-8,13H,4,9,21H2,1-3H3;3H2,1-2H3;3H2,1-2H3,(H,6,7);;1H. The number of carbonyl (C=O) groups is 7. The molecular weight excluding hydrogens is 1270 g/mol. The van der Waals surface area contributed by atoms with Crippen molar-refractivity contribution in [1.29, 1.82) is 0 Å². The van der Waals surface area contributed by atoms with Gasteiger partial charge in [0.15, 0.2) is 11.5 Å². The number of halogens is 6. The van der Waals surface area contributed by atoms with Crippen molar-refractivity contribution in [3.05, 3.63) is 93.8 Å². The third-order valence-electron chi connectivity index (χ3n) is 10.6. The van der Waals surface area contributed by atoms with E-state index in [0.717, 1.165) is 24.6 Å². The topological polar surface area (TPSA) is 342 Å². The third-order valence-corrected chi connectivity index (χ3v) is 12.6. The van der Waals surface area contributed by atoms with Gasteiger partial charge in [0, 0.05) is 39.6 Å². The summed E-state index contributed by atoms with van der Waals surface area (Å²) in [5.41, 5.74) is 4.04. The quantitative estimate of drug-likeness (QED) is 0.0587. The molecule has 2 aromatic carbocycles. The van der Waals surface area contributed by atoms with Crippen LogP contribution < -0.4 is 30.0 Å². The van der Waals surface area contributed by atoms with Crippen molar-refractivity contribution in [2.45, 2.75) is 25.9 Å². The third kappa shape index (κ3) is 23.4. The maximum absolute atomic E-state index is 14.8. The molecule has 6 rings (SSSR count). The summed E-state index contributed by atoms with van der Waals surface area (Å²) in [6.07, 6.45) is 1.90. The highest BCUT2D eigenvalue weighted by molar-refractivity contribution is 8.26. The Kier molecular flexibility index (Phi) is 31.2. The molecule has 472 valence electrons. The normalized spacial score (nSPS) is 13.1. The van der Waals surface area contributed by atoms with E-state index >= 15 is 0 Å². The molecule has 5 amide bonds. The number of nitrogens with zero attached hydrogens (tertiary/aromatic N) is 7. The molecule has 2 atom stereocenters. The Hall–Kier alpha value is -6.42. The lowest BCUT2D eigenvalue weighted by Crippen LogP contribution is -2.38. The number of aliphatic carboxylic acids is 1.